The first-order valence-corrected chi connectivity index (χ1v) is 13.1. The molecule has 2 atom stereocenters. The van der Waals surface area contributed by atoms with Crippen LogP contribution in [-0.2, 0) is 41.7 Å². The Bertz CT molecular complexity index is 1170. The Morgan fingerprint density at radius 1 is 1.05 bits per heavy atom. The SMILES string of the molecule is COCCN1CC2N(C(=O)OCc3ccccc3)OC3(CCOCC3)C(=O)N2[C@@H](Cc2ccc(O)cc2)C1=O. The zero-order valence-corrected chi connectivity index (χ0v) is 21.9. The molecule has 0 aromatic heterocycles. The van der Waals surface area contributed by atoms with Crippen LogP contribution in [0.15, 0.2) is 54.6 Å². The van der Waals surface area contributed by atoms with Crippen LogP contribution in [0, 0.1) is 0 Å². The van der Waals surface area contributed by atoms with Gasteiger partial charge in [0.2, 0.25) is 5.91 Å². The number of aromatic hydroxyl groups is 1. The minimum atomic E-state index is -1.34. The zero-order chi connectivity index (χ0) is 27.4. The van der Waals surface area contributed by atoms with Gasteiger partial charge in [-0.1, -0.05) is 42.5 Å². The number of hydrogen-bond acceptors (Lipinski definition) is 8. The topological polar surface area (TPSA) is 118 Å². The van der Waals surface area contributed by atoms with Crippen LogP contribution < -0.4 is 0 Å². The van der Waals surface area contributed by atoms with Crippen molar-refractivity contribution in [3.8, 4) is 5.75 Å². The third kappa shape index (κ3) is 5.56. The van der Waals surface area contributed by atoms with Crippen LogP contribution in [0.3, 0.4) is 0 Å². The number of phenolic OH excluding ortho intramolecular Hbond substituents is 1. The molecule has 3 aliphatic heterocycles. The molecule has 0 radical (unpaired) electrons. The van der Waals surface area contributed by atoms with Crippen LogP contribution in [0.25, 0.3) is 0 Å². The Labute approximate surface area is 226 Å². The molecule has 2 aromatic carbocycles. The van der Waals surface area contributed by atoms with Gasteiger partial charge in [0.15, 0.2) is 11.8 Å². The molecule has 2 aromatic rings. The highest BCUT2D eigenvalue weighted by molar-refractivity contribution is 5.94. The van der Waals surface area contributed by atoms with Gasteiger partial charge in [-0.3, -0.25) is 9.59 Å². The molecular weight excluding hydrogens is 506 g/mol. The Morgan fingerprint density at radius 3 is 2.46 bits per heavy atom. The summed E-state index contributed by atoms with van der Waals surface area (Å²) in [6.45, 7) is 1.22. The number of methoxy groups -OCH3 is 1. The molecule has 3 saturated heterocycles. The lowest BCUT2D eigenvalue weighted by Gasteiger charge is -2.56. The maximum absolute atomic E-state index is 14.1. The molecule has 39 heavy (non-hydrogen) atoms. The lowest BCUT2D eigenvalue weighted by molar-refractivity contribution is -0.309. The van der Waals surface area contributed by atoms with E-state index < -0.39 is 23.9 Å². The molecule has 3 aliphatic rings. The second-order valence-corrected chi connectivity index (χ2v) is 9.92. The van der Waals surface area contributed by atoms with Crippen LogP contribution in [0.5, 0.6) is 5.75 Å². The van der Waals surface area contributed by atoms with Crippen LogP contribution in [0.4, 0.5) is 4.79 Å². The Morgan fingerprint density at radius 2 is 1.77 bits per heavy atom. The summed E-state index contributed by atoms with van der Waals surface area (Å²) >= 11 is 0. The van der Waals surface area contributed by atoms with Gasteiger partial charge in [0.1, 0.15) is 18.4 Å². The first-order chi connectivity index (χ1) is 18.9. The van der Waals surface area contributed by atoms with Gasteiger partial charge in [0, 0.05) is 46.1 Å². The molecule has 3 heterocycles. The van der Waals surface area contributed by atoms with Crippen molar-refractivity contribution >= 4 is 17.9 Å². The van der Waals surface area contributed by atoms with Crippen molar-refractivity contribution < 1.29 is 38.5 Å². The molecule has 1 N–H and O–H groups in total. The molecule has 11 nitrogen and oxygen atoms in total. The predicted octanol–water partition coefficient (Wildman–Crippen LogP) is 2.08. The van der Waals surface area contributed by atoms with Crippen molar-refractivity contribution in [2.75, 3.05) is 40.0 Å². The van der Waals surface area contributed by atoms with Gasteiger partial charge < -0.3 is 29.1 Å². The number of amides is 3. The van der Waals surface area contributed by atoms with E-state index in [0.29, 0.717) is 6.61 Å². The molecule has 208 valence electrons. The number of hydrogen-bond donors (Lipinski definition) is 1. The summed E-state index contributed by atoms with van der Waals surface area (Å²) in [5, 5.41) is 10.9. The van der Waals surface area contributed by atoms with Gasteiger partial charge in [-0.15, -0.1) is 0 Å². The average Bonchev–Trinajstić information content (AvgIpc) is 2.96. The van der Waals surface area contributed by atoms with E-state index in [0.717, 1.165) is 16.2 Å². The van der Waals surface area contributed by atoms with E-state index in [1.54, 1.807) is 24.1 Å². The number of phenols is 1. The fourth-order valence-electron chi connectivity index (χ4n) is 5.29. The van der Waals surface area contributed by atoms with Gasteiger partial charge in [0.05, 0.1) is 13.2 Å². The average molecular weight is 540 g/mol. The van der Waals surface area contributed by atoms with Crippen LogP contribution in [-0.4, -0.2) is 95.7 Å². The lowest BCUT2D eigenvalue weighted by Crippen LogP contribution is -2.77. The van der Waals surface area contributed by atoms with Crippen molar-refractivity contribution in [1.29, 1.82) is 0 Å². The highest BCUT2D eigenvalue weighted by Crippen LogP contribution is 2.39. The minimum absolute atomic E-state index is 0.0273. The van der Waals surface area contributed by atoms with Gasteiger partial charge >= 0.3 is 6.09 Å². The summed E-state index contributed by atoms with van der Waals surface area (Å²) in [4.78, 5) is 50.8. The summed E-state index contributed by atoms with van der Waals surface area (Å²) in [6.07, 6.45) is -0.956. The summed E-state index contributed by atoms with van der Waals surface area (Å²) in [7, 11) is 1.55. The number of ether oxygens (including phenoxy) is 3. The van der Waals surface area contributed by atoms with Gasteiger partial charge in [-0.2, -0.15) is 5.06 Å². The summed E-state index contributed by atoms with van der Waals surface area (Å²) < 4.78 is 16.3. The number of hydroxylamine groups is 2. The number of rotatable bonds is 7. The second kappa shape index (κ2) is 11.6. The Hall–Kier alpha value is -3.67. The van der Waals surface area contributed by atoms with E-state index >= 15 is 0 Å². The minimum Gasteiger partial charge on any atom is -0.508 e. The monoisotopic (exact) mass is 539 g/mol. The quantitative estimate of drug-likeness (QED) is 0.568. The standard InChI is InChI=1S/C28H33N3O8/c1-36-16-13-29-18-24-30(23(25(29)33)17-20-7-9-22(32)10-8-20)26(34)28(11-14-37-15-12-28)39-31(24)27(35)38-19-21-5-3-2-4-6-21/h2-10,23-24,32H,11-19H2,1H3/t23-,24?/m0/s1. The van der Waals surface area contributed by atoms with Gasteiger partial charge in [0.25, 0.3) is 5.91 Å². The summed E-state index contributed by atoms with van der Waals surface area (Å²) in [5.74, 6) is -0.484. The van der Waals surface area contributed by atoms with E-state index in [-0.39, 0.29) is 69.7 Å². The first-order valence-electron chi connectivity index (χ1n) is 13.1. The van der Waals surface area contributed by atoms with Crippen molar-refractivity contribution in [2.45, 2.75) is 43.7 Å². The van der Waals surface area contributed by atoms with Crippen LogP contribution >= 0.6 is 0 Å². The van der Waals surface area contributed by atoms with E-state index in [1.165, 1.54) is 17.0 Å². The first kappa shape index (κ1) is 26.9. The largest absolute Gasteiger partial charge is 0.508 e. The van der Waals surface area contributed by atoms with Gasteiger partial charge in [-0.25, -0.2) is 9.63 Å². The Kier molecular flexibility index (Phi) is 8.01. The fourth-order valence-corrected chi connectivity index (χ4v) is 5.29. The second-order valence-electron chi connectivity index (χ2n) is 9.92. The molecule has 3 amide bonds. The maximum Gasteiger partial charge on any atom is 0.436 e. The van der Waals surface area contributed by atoms with Crippen molar-refractivity contribution in [2.24, 2.45) is 0 Å². The zero-order valence-electron chi connectivity index (χ0n) is 21.9. The molecule has 0 saturated carbocycles. The molecular formula is C28H33N3O8. The summed E-state index contributed by atoms with van der Waals surface area (Å²) in [5.41, 5.74) is 0.224. The molecule has 11 heteroatoms. The number of fused-ring (bicyclic) bond motifs is 1. The maximum atomic E-state index is 14.1. The lowest BCUT2D eigenvalue weighted by atomic mass is 9.88. The molecule has 5 rings (SSSR count). The van der Waals surface area contributed by atoms with Crippen molar-refractivity contribution in [3.05, 3.63) is 65.7 Å². The van der Waals surface area contributed by atoms with Crippen molar-refractivity contribution in [3.63, 3.8) is 0 Å². The van der Waals surface area contributed by atoms with Crippen molar-refractivity contribution in [1.82, 2.24) is 14.9 Å². The normalized spacial score (nSPS) is 22.6. The van der Waals surface area contributed by atoms with E-state index in [2.05, 4.69) is 0 Å². The molecule has 1 spiro atoms. The molecule has 1 unspecified atom stereocenters. The number of piperazine rings is 1. The van der Waals surface area contributed by atoms with Gasteiger partial charge in [-0.05, 0) is 23.3 Å². The predicted molar refractivity (Wildman–Crippen MR) is 137 cm³/mol. The Balaban J connectivity index is 1.49. The number of carbonyl (C=O) groups excluding carboxylic acids is 3. The summed E-state index contributed by atoms with van der Waals surface area (Å²) in [6, 6.07) is 14.9. The third-order valence-electron chi connectivity index (χ3n) is 7.42. The fraction of sp³-hybridized carbons (Fsp3) is 0.464. The van der Waals surface area contributed by atoms with E-state index in [9.17, 15) is 19.5 Å². The molecule has 0 bridgehead atoms. The molecule has 3 fully saturated rings. The number of benzene rings is 2. The van der Waals surface area contributed by atoms with Crippen LogP contribution in [0.2, 0.25) is 0 Å². The van der Waals surface area contributed by atoms with Crippen LogP contribution in [0.1, 0.15) is 24.0 Å². The smallest absolute Gasteiger partial charge is 0.436 e. The van der Waals surface area contributed by atoms with E-state index in [1.807, 2.05) is 30.3 Å². The highest BCUT2D eigenvalue weighted by Gasteiger charge is 2.59. The highest BCUT2D eigenvalue weighted by atomic mass is 16.8. The number of carbonyl (C=O) groups is 3. The van der Waals surface area contributed by atoms with E-state index in [4.69, 9.17) is 19.0 Å². The third-order valence-corrected chi connectivity index (χ3v) is 7.42. The number of nitrogens with zero attached hydrogens (tertiary/aromatic N) is 3. The molecule has 0 aliphatic carbocycles.